The average molecular weight is 314 g/mol. The summed E-state index contributed by atoms with van der Waals surface area (Å²) >= 11 is 0. The highest BCUT2D eigenvalue weighted by Crippen LogP contribution is 2.59. The summed E-state index contributed by atoms with van der Waals surface area (Å²) in [5.74, 6) is 2.62. The molecule has 2 aliphatic carbocycles. The van der Waals surface area contributed by atoms with E-state index in [0.29, 0.717) is 12.8 Å². The van der Waals surface area contributed by atoms with E-state index in [1.165, 1.54) is 5.57 Å². The Bertz CT molecular complexity index is 624. The molecule has 0 aromatic heterocycles. The molecule has 3 nitrogen and oxygen atoms in total. The number of ketones is 1. The number of carbonyl (C=O) groups excluding carboxylic acids is 2. The summed E-state index contributed by atoms with van der Waals surface area (Å²) in [5.41, 5.74) is 2.89. The number of Topliss-reactive ketones (excluding diaryl/α,β-unsaturated/α-hetero) is 1. The summed E-state index contributed by atoms with van der Waals surface area (Å²) in [4.78, 5) is 24.3. The fourth-order valence-electron chi connectivity index (χ4n) is 3.56. The molecule has 23 heavy (non-hydrogen) atoms. The first-order chi connectivity index (χ1) is 10.7. The number of allylic oxidation sites excluding steroid dienone is 3. The second-order valence-electron chi connectivity index (χ2n) is 7.57. The van der Waals surface area contributed by atoms with Crippen molar-refractivity contribution in [2.45, 2.75) is 47.5 Å². The highest BCUT2D eigenvalue weighted by Gasteiger charge is 2.61. The molecule has 1 unspecified atom stereocenters. The van der Waals surface area contributed by atoms with Crippen LogP contribution in [0.25, 0.3) is 0 Å². The summed E-state index contributed by atoms with van der Waals surface area (Å²) in [6.45, 7) is 10.5. The Morgan fingerprint density at radius 3 is 2.65 bits per heavy atom. The third-order valence-corrected chi connectivity index (χ3v) is 5.24. The van der Waals surface area contributed by atoms with E-state index in [0.717, 1.165) is 11.1 Å². The number of carbonyl (C=O) groups is 2. The molecular formula is C20H26O3. The number of terminal acetylenes is 1. The third kappa shape index (κ3) is 3.42. The lowest BCUT2D eigenvalue weighted by Crippen LogP contribution is -2.17. The Labute approximate surface area is 139 Å². The van der Waals surface area contributed by atoms with Crippen molar-refractivity contribution < 1.29 is 14.3 Å². The van der Waals surface area contributed by atoms with E-state index in [2.05, 4.69) is 25.8 Å². The standard InChI is InChI=1S/C20H26O3/c1-7-8-15-13(4)14(10-17(15)21)11-23-19(22)18-16(9-12(2)3)20(18,5)6/h1,9,14,16,18H,8,10-11H2,2-6H3/t14?,16-,18+/m0/s1. The van der Waals surface area contributed by atoms with E-state index in [-0.39, 0.29) is 41.5 Å². The van der Waals surface area contributed by atoms with Gasteiger partial charge in [-0.15, -0.1) is 12.3 Å². The maximum absolute atomic E-state index is 12.4. The number of ether oxygens (including phenoxy) is 1. The van der Waals surface area contributed by atoms with Gasteiger partial charge in [-0.1, -0.05) is 31.1 Å². The average Bonchev–Trinajstić information content (AvgIpc) is 2.87. The van der Waals surface area contributed by atoms with Gasteiger partial charge in [0.2, 0.25) is 0 Å². The van der Waals surface area contributed by atoms with Crippen molar-refractivity contribution in [2.24, 2.45) is 23.2 Å². The number of hydrogen-bond donors (Lipinski definition) is 0. The van der Waals surface area contributed by atoms with Crippen molar-refractivity contribution in [1.29, 1.82) is 0 Å². The molecule has 3 atom stereocenters. The molecule has 2 rings (SSSR count). The summed E-state index contributed by atoms with van der Waals surface area (Å²) < 4.78 is 5.54. The van der Waals surface area contributed by atoms with Crippen LogP contribution in [0.4, 0.5) is 0 Å². The van der Waals surface area contributed by atoms with Crippen molar-refractivity contribution in [3.05, 3.63) is 22.8 Å². The molecule has 0 aromatic rings. The van der Waals surface area contributed by atoms with Gasteiger partial charge in [-0.05, 0) is 32.1 Å². The minimum Gasteiger partial charge on any atom is -0.465 e. The fraction of sp³-hybridized carbons (Fsp3) is 0.600. The molecule has 2 aliphatic rings. The molecule has 1 fully saturated rings. The summed E-state index contributed by atoms with van der Waals surface area (Å²) in [5, 5.41) is 0. The molecule has 1 saturated carbocycles. The van der Waals surface area contributed by atoms with Crippen LogP contribution >= 0.6 is 0 Å². The highest BCUT2D eigenvalue weighted by molar-refractivity contribution is 5.99. The molecule has 124 valence electrons. The predicted octanol–water partition coefficient (Wildman–Crippen LogP) is 3.70. The molecule has 0 amide bonds. The number of esters is 1. The first-order valence-electron chi connectivity index (χ1n) is 8.18. The Morgan fingerprint density at radius 1 is 1.43 bits per heavy atom. The minimum absolute atomic E-state index is 0.0152. The van der Waals surface area contributed by atoms with Gasteiger partial charge in [0, 0.05) is 24.3 Å². The van der Waals surface area contributed by atoms with Crippen molar-refractivity contribution in [1.82, 2.24) is 0 Å². The zero-order valence-electron chi connectivity index (χ0n) is 14.7. The maximum Gasteiger partial charge on any atom is 0.310 e. The molecule has 0 aliphatic heterocycles. The van der Waals surface area contributed by atoms with Crippen molar-refractivity contribution in [3.8, 4) is 12.3 Å². The Balaban J connectivity index is 1.95. The summed E-state index contributed by atoms with van der Waals surface area (Å²) in [6, 6.07) is 0. The zero-order chi connectivity index (χ0) is 17.4. The van der Waals surface area contributed by atoms with Gasteiger partial charge in [0.15, 0.2) is 5.78 Å². The van der Waals surface area contributed by atoms with Crippen LogP contribution in [-0.4, -0.2) is 18.4 Å². The van der Waals surface area contributed by atoms with Crippen LogP contribution in [0.15, 0.2) is 22.8 Å². The van der Waals surface area contributed by atoms with Gasteiger partial charge in [0.05, 0.1) is 12.5 Å². The van der Waals surface area contributed by atoms with E-state index >= 15 is 0 Å². The van der Waals surface area contributed by atoms with E-state index in [4.69, 9.17) is 11.2 Å². The highest BCUT2D eigenvalue weighted by atomic mass is 16.5. The first kappa shape index (κ1) is 17.5. The summed E-state index contributed by atoms with van der Waals surface area (Å²) in [6.07, 6.45) is 8.23. The number of hydrogen-bond acceptors (Lipinski definition) is 3. The quantitative estimate of drug-likeness (QED) is 0.441. The SMILES string of the molecule is C#CCC1=C(C)C(COC(=O)[C@H]2[C@H](C=C(C)C)C2(C)C)CC1=O. The lowest BCUT2D eigenvalue weighted by molar-refractivity contribution is -0.147. The molecule has 0 spiro atoms. The van der Waals surface area contributed by atoms with E-state index in [9.17, 15) is 9.59 Å². The first-order valence-corrected chi connectivity index (χ1v) is 8.18. The second kappa shape index (κ2) is 6.35. The normalized spacial score (nSPS) is 28.3. The van der Waals surface area contributed by atoms with E-state index in [1.54, 1.807) is 0 Å². The zero-order valence-corrected chi connectivity index (χ0v) is 14.7. The monoisotopic (exact) mass is 314 g/mol. The molecule has 0 radical (unpaired) electrons. The molecule has 0 saturated heterocycles. The maximum atomic E-state index is 12.4. The van der Waals surface area contributed by atoms with Gasteiger partial charge >= 0.3 is 5.97 Å². The van der Waals surface area contributed by atoms with Gasteiger partial charge in [0.25, 0.3) is 0 Å². The van der Waals surface area contributed by atoms with Crippen LogP contribution in [0.2, 0.25) is 0 Å². The molecule has 0 bridgehead atoms. The molecule has 0 N–H and O–H groups in total. The van der Waals surface area contributed by atoms with Crippen LogP contribution in [0.3, 0.4) is 0 Å². The Morgan fingerprint density at radius 2 is 2.09 bits per heavy atom. The van der Waals surface area contributed by atoms with Crippen LogP contribution in [0.5, 0.6) is 0 Å². The van der Waals surface area contributed by atoms with Gasteiger partial charge in [-0.2, -0.15) is 0 Å². The Kier molecular flexibility index (Phi) is 4.84. The minimum atomic E-state index is -0.150. The van der Waals surface area contributed by atoms with Crippen LogP contribution < -0.4 is 0 Å². The second-order valence-corrected chi connectivity index (χ2v) is 7.57. The van der Waals surface area contributed by atoms with Gasteiger partial charge in [0.1, 0.15) is 0 Å². The molecule has 0 heterocycles. The van der Waals surface area contributed by atoms with Crippen LogP contribution in [0.1, 0.15) is 47.5 Å². The lowest BCUT2D eigenvalue weighted by atomic mass is 10.0. The smallest absolute Gasteiger partial charge is 0.310 e. The van der Waals surface area contributed by atoms with Crippen molar-refractivity contribution >= 4 is 11.8 Å². The lowest BCUT2D eigenvalue weighted by Gasteiger charge is -2.12. The molecule has 3 heteroatoms. The summed E-state index contributed by atoms with van der Waals surface area (Å²) in [7, 11) is 0. The van der Waals surface area contributed by atoms with E-state index in [1.807, 2.05) is 20.8 Å². The van der Waals surface area contributed by atoms with E-state index < -0.39 is 0 Å². The number of rotatable bonds is 5. The van der Waals surface area contributed by atoms with Gasteiger partial charge < -0.3 is 4.74 Å². The van der Waals surface area contributed by atoms with Crippen LogP contribution in [-0.2, 0) is 14.3 Å². The molecular weight excluding hydrogens is 288 g/mol. The fourth-order valence-corrected chi connectivity index (χ4v) is 3.56. The topological polar surface area (TPSA) is 43.4 Å². The predicted molar refractivity (Wildman–Crippen MR) is 90.4 cm³/mol. The largest absolute Gasteiger partial charge is 0.465 e. The van der Waals surface area contributed by atoms with Gasteiger partial charge in [-0.25, -0.2) is 0 Å². The van der Waals surface area contributed by atoms with Crippen LogP contribution in [0, 0.1) is 35.5 Å². The van der Waals surface area contributed by atoms with Crippen molar-refractivity contribution in [2.75, 3.05) is 6.61 Å². The molecule has 0 aromatic carbocycles. The Hall–Kier alpha value is -1.82. The third-order valence-electron chi connectivity index (χ3n) is 5.24. The van der Waals surface area contributed by atoms with Crippen molar-refractivity contribution in [3.63, 3.8) is 0 Å². The van der Waals surface area contributed by atoms with Gasteiger partial charge in [-0.3, -0.25) is 9.59 Å².